The van der Waals surface area contributed by atoms with Gasteiger partial charge in [-0.25, -0.2) is 9.37 Å². The van der Waals surface area contributed by atoms with Gasteiger partial charge in [0.1, 0.15) is 5.82 Å². The highest BCUT2D eigenvalue weighted by molar-refractivity contribution is 6.30. The van der Waals surface area contributed by atoms with Gasteiger partial charge in [-0.1, -0.05) is 17.7 Å². The summed E-state index contributed by atoms with van der Waals surface area (Å²) in [6.07, 6.45) is 4.10. The average Bonchev–Trinajstić information content (AvgIpc) is 2.46. The van der Waals surface area contributed by atoms with E-state index in [0.717, 1.165) is 0 Å². The molecule has 5 heteroatoms. The number of hydrogen-bond acceptors (Lipinski definition) is 3. The van der Waals surface area contributed by atoms with Crippen LogP contribution in [0.1, 0.15) is 15.9 Å². The summed E-state index contributed by atoms with van der Waals surface area (Å²) in [6.45, 7) is 0. The predicted molar refractivity (Wildman–Crippen MR) is 75.6 cm³/mol. The van der Waals surface area contributed by atoms with Gasteiger partial charge in [0.15, 0.2) is 5.78 Å². The lowest BCUT2D eigenvalue weighted by molar-refractivity contribution is 0.104. The van der Waals surface area contributed by atoms with Crippen LogP contribution in [0.4, 0.5) is 4.39 Å². The number of ketones is 1. The fourth-order valence-electron chi connectivity index (χ4n) is 1.55. The number of halogens is 2. The summed E-state index contributed by atoms with van der Waals surface area (Å²) < 4.78 is 18.4. The van der Waals surface area contributed by atoms with E-state index in [9.17, 15) is 9.18 Å². The summed E-state index contributed by atoms with van der Waals surface area (Å²) in [7, 11) is 1.49. The van der Waals surface area contributed by atoms with Crippen LogP contribution in [0.15, 0.2) is 42.6 Å². The van der Waals surface area contributed by atoms with Crippen molar-refractivity contribution in [3.8, 4) is 5.88 Å². The second-order valence-electron chi connectivity index (χ2n) is 3.95. The summed E-state index contributed by atoms with van der Waals surface area (Å²) >= 11 is 5.65. The van der Waals surface area contributed by atoms with Gasteiger partial charge in [-0.2, -0.15) is 0 Å². The Balaban J connectivity index is 2.15. The average molecular weight is 292 g/mol. The summed E-state index contributed by atoms with van der Waals surface area (Å²) in [5.74, 6) is -0.321. The van der Waals surface area contributed by atoms with E-state index in [2.05, 4.69) is 4.98 Å². The molecular formula is C15H11ClFNO2. The molecule has 0 saturated carbocycles. The van der Waals surface area contributed by atoms with Gasteiger partial charge in [-0.3, -0.25) is 4.79 Å². The molecule has 2 rings (SSSR count). The van der Waals surface area contributed by atoms with Gasteiger partial charge < -0.3 is 4.74 Å². The summed E-state index contributed by atoms with van der Waals surface area (Å²) in [6, 6.07) is 7.44. The first kappa shape index (κ1) is 14.2. The summed E-state index contributed by atoms with van der Waals surface area (Å²) in [5.41, 5.74) is 0.695. The zero-order valence-electron chi connectivity index (χ0n) is 10.6. The van der Waals surface area contributed by atoms with E-state index in [-0.39, 0.29) is 5.78 Å². The smallest absolute Gasteiger partial charge is 0.212 e. The molecule has 2 aromatic rings. The van der Waals surface area contributed by atoms with E-state index in [1.54, 1.807) is 18.2 Å². The van der Waals surface area contributed by atoms with Gasteiger partial charge in [0, 0.05) is 28.4 Å². The lowest BCUT2D eigenvalue weighted by Gasteiger charge is -1.99. The molecule has 102 valence electrons. The number of methoxy groups -OCH3 is 1. The van der Waals surface area contributed by atoms with Gasteiger partial charge >= 0.3 is 0 Å². The van der Waals surface area contributed by atoms with Gasteiger partial charge in [0.05, 0.1) is 7.11 Å². The third kappa shape index (κ3) is 3.42. The Labute approximate surface area is 120 Å². The van der Waals surface area contributed by atoms with Crippen LogP contribution in [0.3, 0.4) is 0 Å². The third-order valence-corrected chi connectivity index (χ3v) is 2.84. The number of ether oxygens (including phenoxy) is 1. The molecule has 0 unspecified atom stereocenters. The first-order valence-electron chi connectivity index (χ1n) is 5.77. The maximum atomic E-state index is 13.5. The molecule has 0 spiro atoms. The summed E-state index contributed by atoms with van der Waals surface area (Å²) in [4.78, 5) is 15.8. The van der Waals surface area contributed by atoms with E-state index in [0.29, 0.717) is 22.0 Å². The zero-order chi connectivity index (χ0) is 14.5. The molecule has 0 aliphatic heterocycles. The van der Waals surface area contributed by atoms with Crippen LogP contribution >= 0.6 is 11.6 Å². The Morgan fingerprint density at radius 3 is 2.75 bits per heavy atom. The minimum absolute atomic E-state index is 0.269. The van der Waals surface area contributed by atoms with Crippen molar-refractivity contribution in [1.82, 2.24) is 4.98 Å². The highest BCUT2D eigenvalue weighted by Crippen LogP contribution is 2.16. The Morgan fingerprint density at radius 1 is 1.35 bits per heavy atom. The van der Waals surface area contributed by atoms with Crippen LogP contribution in [0.5, 0.6) is 5.88 Å². The molecule has 1 heterocycles. The number of pyridine rings is 1. The number of hydrogen-bond donors (Lipinski definition) is 0. The van der Waals surface area contributed by atoms with Crippen molar-refractivity contribution in [3.63, 3.8) is 0 Å². The van der Waals surface area contributed by atoms with Crippen molar-refractivity contribution in [2.75, 3.05) is 7.11 Å². The van der Waals surface area contributed by atoms with Crippen LogP contribution in [0.25, 0.3) is 6.08 Å². The van der Waals surface area contributed by atoms with Crippen molar-refractivity contribution < 1.29 is 13.9 Å². The Morgan fingerprint density at radius 2 is 2.15 bits per heavy atom. The quantitative estimate of drug-likeness (QED) is 0.636. The Kier molecular flexibility index (Phi) is 4.48. The van der Waals surface area contributed by atoms with E-state index in [1.165, 1.54) is 37.6 Å². The molecule has 0 bridgehead atoms. The maximum Gasteiger partial charge on any atom is 0.212 e. The van der Waals surface area contributed by atoms with Crippen molar-refractivity contribution in [3.05, 3.63) is 64.6 Å². The van der Waals surface area contributed by atoms with Crippen LogP contribution in [-0.4, -0.2) is 17.9 Å². The molecule has 0 N–H and O–H groups in total. The van der Waals surface area contributed by atoms with Crippen LogP contribution in [-0.2, 0) is 0 Å². The first-order chi connectivity index (χ1) is 9.60. The fourth-order valence-corrected chi connectivity index (χ4v) is 1.70. The van der Waals surface area contributed by atoms with E-state index in [1.807, 2.05) is 0 Å². The van der Waals surface area contributed by atoms with Crippen molar-refractivity contribution in [2.24, 2.45) is 0 Å². The number of nitrogens with zero attached hydrogens (tertiary/aromatic N) is 1. The molecule has 0 fully saturated rings. The molecule has 20 heavy (non-hydrogen) atoms. The SMILES string of the molecule is COc1ccc(C(=O)C=Cc2ccc(Cl)cc2F)cn1. The minimum Gasteiger partial charge on any atom is -0.481 e. The van der Waals surface area contributed by atoms with Crippen molar-refractivity contribution in [1.29, 1.82) is 0 Å². The molecular weight excluding hydrogens is 281 g/mol. The first-order valence-corrected chi connectivity index (χ1v) is 6.15. The van der Waals surface area contributed by atoms with Crippen LogP contribution < -0.4 is 4.74 Å². The molecule has 0 saturated heterocycles. The number of aromatic nitrogens is 1. The van der Waals surface area contributed by atoms with E-state index in [4.69, 9.17) is 16.3 Å². The lowest BCUT2D eigenvalue weighted by Crippen LogP contribution is -1.96. The number of carbonyl (C=O) groups is 1. The molecule has 0 radical (unpaired) electrons. The molecule has 0 atom stereocenters. The monoisotopic (exact) mass is 291 g/mol. The second-order valence-corrected chi connectivity index (χ2v) is 4.39. The fraction of sp³-hybridized carbons (Fsp3) is 0.0667. The van der Waals surface area contributed by atoms with Crippen molar-refractivity contribution in [2.45, 2.75) is 0 Å². The van der Waals surface area contributed by atoms with Gasteiger partial charge in [-0.15, -0.1) is 0 Å². The molecule has 1 aromatic heterocycles. The highest BCUT2D eigenvalue weighted by Gasteiger charge is 2.04. The van der Waals surface area contributed by atoms with Crippen molar-refractivity contribution >= 4 is 23.5 Å². The second kappa shape index (κ2) is 6.30. The van der Waals surface area contributed by atoms with E-state index < -0.39 is 5.82 Å². The molecule has 1 aromatic carbocycles. The predicted octanol–water partition coefficient (Wildman–Crippen LogP) is 3.78. The van der Waals surface area contributed by atoms with Gasteiger partial charge in [0.25, 0.3) is 0 Å². The molecule has 0 aliphatic carbocycles. The number of benzene rings is 1. The zero-order valence-corrected chi connectivity index (χ0v) is 11.4. The largest absolute Gasteiger partial charge is 0.481 e. The van der Waals surface area contributed by atoms with Gasteiger partial charge in [0.2, 0.25) is 5.88 Å². The van der Waals surface area contributed by atoms with Gasteiger partial charge in [-0.05, 0) is 30.4 Å². The standard InChI is InChI=1S/C15H11ClFNO2/c1-20-15-7-4-11(9-18-15)14(19)6-3-10-2-5-12(16)8-13(10)17/h2-9H,1H3. The number of allylic oxidation sites excluding steroid dienone is 1. The molecule has 0 amide bonds. The maximum absolute atomic E-state index is 13.5. The topological polar surface area (TPSA) is 39.2 Å². The van der Waals surface area contributed by atoms with E-state index >= 15 is 0 Å². The van der Waals surface area contributed by atoms with Crippen LogP contribution in [0, 0.1) is 5.82 Å². The third-order valence-electron chi connectivity index (χ3n) is 2.61. The van der Waals surface area contributed by atoms with Crippen LogP contribution in [0.2, 0.25) is 5.02 Å². The summed E-state index contributed by atoms with van der Waals surface area (Å²) in [5, 5.41) is 0.310. The highest BCUT2D eigenvalue weighted by atomic mass is 35.5. The number of carbonyl (C=O) groups excluding carboxylic acids is 1. The lowest BCUT2D eigenvalue weighted by atomic mass is 10.1. The normalized spacial score (nSPS) is 10.8. The Bertz CT molecular complexity index is 653. The molecule has 0 aliphatic rings. The molecule has 3 nitrogen and oxygen atoms in total. The number of rotatable bonds is 4. The Hall–Kier alpha value is -2.20. The minimum atomic E-state index is -0.477.